The van der Waals surface area contributed by atoms with Crippen molar-refractivity contribution in [2.45, 2.75) is 24.5 Å². The summed E-state index contributed by atoms with van der Waals surface area (Å²) in [5.74, 6) is 0.406. The van der Waals surface area contributed by atoms with Crippen molar-refractivity contribution in [3.63, 3.8) is 0 Å². The first-order valence-electron chi connectivity index (χ1n) is 8.62. The van der Waals surface area contributed by atoms with Gasteiger partial charge in [0.05, 0.1) is 12.9 Å². The van der Waals surface area contributed by atoms with E-state index in [1.54, 1.807) is 24.3 Å². The summed E-state index contributed by atoms with van der Waals surface area (Å²) in [6, 6.07) is 6.97. The summed E-state index contributed by atoms with van der Waals surface area (Å²) in [6.07, 6.45) is -2.35. The van der Waals surface area contributed by atoms with Crippen molar-refractivity contribution >= 4 is 44.6 Å². The number of rotatable bonds is 6. The number of imidazole rings is 1. The van der Waals surface area contributed by atoms with Gasteiger partial charge in [0, 0.05) is 10.7 Å². The molecule has 0 bridgehead atoms. The monoisotopic (exact) mass is 456 g/mol. The van der Waals surface area contributed by atoms with E-state index in [0.717, 1.165) is 5.69 Å². The number of anilines is 2. The molecule has 160 valence electrons. The minimum absolute atomic E-state index is 0.325. The fourth-order valence-corrected chi connectivity index (χ4v) is 3.51. The Balaban J connectivity index is 1.60. The number of benzene rings is 1. The van der Waals surface area contributed by atoms with Crippen molar-refractivity contribution in [3.05, 3.63) is 41.9 Å². The zero-order valence-electron chi connectivity index (χ0n) is 15.2. The number of aromatic nitrogens is 4. The number of nitrogens with zero attached hydrogens (tertiary/aromatic N) is 4. The van der Waals surface area contributed by atoms with E-state index in [-0.39, 0.29) is 0 Å². The van der Waals surface area contributed by atoms with E-state index in [0.29, 0.717) is 22.0 Å². The summed E-state index contributed by atoms with van der Waals surface area (Å²) in [5.41, 5.74) is 1.44. The maximum absolute atomic E-state index is 11.0. The Labute approximate surface area is 175 Å². The summed E-state index contributed by atoms with van der Waals surface area (Å²) < 4.78 is 33.4. The van der Waals surface area contributed by atoms with Crippen LogP contribution in [0.3, 0.4) is 0 Å². The minimum Gasteiger partial charge on any atom is -0.387 e. The highest BCUT2D eigenvalue weighted by molar-refractivity contribution is 7.84. The molecule has 1 saturated heterocycles. The van der Waals surface area contributed by atoms with Gasteiger partial charge >= 0.3 is 10.3 Å². The molecular weight excluding hydrogens is 440 g/mol. The molecule has 1 aliphatic heterocycles. The number of hydrogen-bond donors (Lipinski definition) is 4. The standard InChI is InChI=1S/C16H17ClN6O6S/c17-8-1-3-9(4-2-8)22-14-11-15(20-6-19-14)23(7-21-11)16-13(25)12(24)10(29-16)5-28-30(18,26)27/h1-4,6-7,10,12-13,16,24-25H,5H2,(H2,18,26,27)(H,19,20,22)/t10-,12-,13-,16?/m1/s1. The number of ether oxygens (including phenoxy) is 1. The van der Waals surface area contributed by atoms with E-state index in [1.807, 2.05) is 0 Å². The molecule has 0 saturated carbocycles. The lowest BCUT2D eigenvalue weighted by Crippen LogP contribution is -2.35. The van der Waals surface area contributed by atoms with E-state index in [1.165, 1.54) is 17.2 Å². The molecule has 12 nitrogen and oxygen atoms in total. The molecule has 5 N–H and O–H groups in total. The van der Waals surface area contributed by atoms with E-state index >= 15 is 0 Å². The molecule has 1 aliphatic rings. The van der Waals surface area contributed by atoms with Crippen LogP contribution in [-0.2, 0) is 19.2 Å². The molecule has 4 atom stereocenters. The summed E-state index contributed by atoms with van der Waals surface area (Å²) in [7, 11) is -4.23. The normalized spacial score (nSPS) is 24.4. The SMILES string of the molecule is NS(=O)(=O)OC[C@H]1OC(n2cnc3c(Nc4ccc(Cl)cc4)ncnc32)[C@H](O)[C@@H]1O. The van der Waals surface area contributed by atoms with Gasteiger partial charge in [-0.25, -0.2) is 20.1 Å². The van der Waals surface area contributed by atoms with Crippen LogP contribution in [0, 0.1) is 0 Å². The van der Waals surface area contributed by atoms with Crippen LogP contribution in [0.15, 0.2) is 36.9 Å². The van der Waals surface area contributed by atoms with Crippen molar-refractivity contribution in [1.82, 2.24) is 19.5 Å². The Hall–Kier alpha value is -2.39. The topological polar surface area (TPSA) is 175 Å². The number of nitrogens with one attached hydrogen (secondary N) is 1. The minimum atomic E-state index is -4.23. The van der Waals surface area contributed by atoms with Gasteiger partial charge < -0.3 is 20.3 Å². The van der Waals surface area contributed by atoms with Gasteiger partial charge in [-0.2, -0.15) is 8.42 Å². The molecule has 0 aliphatic carbocycles. The number of halogens is 1. The van der Waals surface area contributed by atoms with Crippen LogP contribution < -0.4 is 10.5 Å². The summed E-state index contributed by atoms with van der Waals surface area (Å²) in [5, 5.41) is 29.1. The summed E-state index contributed by atoms with van der Waals surface area (Å²) in [6.45, 7) is -0.557. The van der Waals surface area contributed by atoms with Gasteiger partial charge in [-0.1, -0.05) is 11.6 Å². The predicted molar refractivity (Wildman–Crippen MR) is 105 cm³/mol. The number of aliphatic hydroxyl groups excluding tert-OH is 2. The number of aliphatic hydroxyl groups is 2. The van der Waals surface area contributed by atoms with Crippen LogP contribution in [0.25, 0.3) is 11.2 Å². The zero-order valence-corrected chi connectivity index (χ0v) is 16.7. The maximum atomic E-state index is 11.0. The Morgan fingerprint density at radius 2 is 1.93 bits per heavy atom. The molecule has 2 aromatic heterocycles. The number of nitrogens with two attached hydrogens (primary N) is 1. The van der Waals surface area contributed by atoms with Crippen LogP contribution in [0.5, 0.6) is 0 Å². The van der Waals surface area contributed by atoms with Gasteiger partial charge in [0.1, 0.15) is 24.6 Å². The number of hydrogen-bond acceptors (Lipinski definition) is 10. The molecule has 3 heterocycles. The lowest BCUT2D eigenvalue weighted by atomic mass is 10.1. The van der Waals surface area contributed by atoms with Gasteiger partial charge in [0.2, 0.25) is 0 Å². The van der Waals surface area contributed by atoms with Crippen molar-refractivity contribution in [1.29, 1.82) is 0 Å². The summed E-state index contributed by atoms with van der Waals surface area (Å²) >= 11 is 5.89. The van der Waals surface area contributed by atoms with Crippen molar-refractivity contribution < 1.29 is 27.6 Å². The molecule has 14 heteroatoms. The molecular formula is C16H17ClN6O6S. The Morgan fingerprint density at radius 3 is 2.63 bits per heavy atom. The Kier molecular flexibility index (Phi) is 5.59. The first kappa shape index (κ1) is 20.9. The van der Waals surface area contributed by atoms with E-state index in [9.17, 15) is 18.6 Å². The average Bonchev–Trinajstić information content (AvgIpc) is 3.24. The maximum Gasteiger partial charge on any atom is 0.333 e. The van der Waals surface area contributed by atoms with Crippen molar-refractivity contribution in [2.24, 2.45) is 5.14 Å². The molecule has 1 fully saturated rings. The lowest BCUT2D eigenvalue weighted by molar-refractivity contribution is -0.0467. The molecule has 1 unspecified atom stereocenters. The Morgan fingerprint density at radius 1 is 1.20 bits per heavy atom. The van der Waals surface area contributed by atoms with E-state index < -0.39 is 41.5 Å². The molecule has 3 aromatic rings. The zero-order chi connectivity index (χ0) is 21.5. The van der Waals surface area contributed by atoms with Crippen LogP contribution in [0.4, 0.5) is 11.5 Å². The van der Waals surface area contributed by atoms with Gasteiger partial charge in [-0.15, -0.1) is 0 Å². The van der Waals surface area contributed by atoms with Gasteiger partial charge in [0.15, 0.2) is 23.2 Å². The van der Waals surface area contributed by atoms with Crippen molar-refractivity contribution in [3.8, 4) is 0 Å². The highest BCUT2D eigenvalue weighted by Gasteiger charge is 2.45. The van der Waals surface area contributed by atoms with Gasteiger partial charge in [0.25, 0.3) is 0 Å². The van der Waals surface area contributed by atoms with Crippen LogP contribution in [-0.4, -0.2) is 63.1 Å². The highest BCUT2D eigenvalue weighted by atomic mass is 35.5. The quantitative estimate of drug-likeness (QED) is 0.397. The fourth-order valence-electron chi connectivity index (χ4n) is 3.06. The number of fused-ring (bicyclic) bond motifs is 1. The second kappa shape index (κ2) is 8.03. The second-order valence-electron chi connectivity index (χ2n) is 6.50. The van der Waals surface area contributed by atoms with Gasteiger partial charge in [-0.3, -0.25) is 8.75 Å². The molecule has 0 radical (unpaired) electrons. The van der Waals surface area contributed by atoms with E-state index in [4.69, 9.17) is 21.5 Å². The third-order valence-corrected chi connectivity index (χ3v) is 5.19. The average molecular weight is 457 g/mol. The van der Waals surface area contributed by atoms with E-state index in [2.05, 4.69) is 24.5 Å². The first-order valence-corrected chi connectivity index (χ1v) is 10.5. The molecule has 1 aromatic carbocycles. The fraction of sp³-hybridized carbons (Fsp3) is 0.312. The largest absolute Gasteiger partial charge is 0.387 e. The highest BCUT2D eigenvalue weighted by Crippen LogP contribution is 2.33. The van der Waals surface area contributed by atoms with Crippen LogP contribution in [0.1, 0.15) is 6.23 Å². The predicted octanol–water partition coefficient (Wildman–Crippen LogP) is 0.0626. The molecule has 4 rings (SSSR count). The van der Waals surface area contributed by atoms with Crippen LogP contribution in [0.2, 0.25) is 5.02 Å². The molecule has 30 heavy (non-hydrogen) atoms. The molecule has 0 amide bonds. The Bertz CT molecular complexity index is 1160. The van der Waals surface area contributed by atoms with Gasteiger partial charge in [-0.05, 0) is 24.3 Å². The third kappa shape index (κ3) is 4.22. The lowest BCUT2D eigenvalue weighted by Gasteiger charge is -2.16. The summed E-state index contributed by atoms with van der Waals surface area (Å²) in [4.78, 5) is 12.6. The third-order valence-electron chi connectivity index (χ3n) is 4.47. The second-order valence-corrected chi connectivity index (χ2v) is 8.16. The first-order chi connectivity index (χ1) is 14.2. The van der Waals surface area contributed by atoms with Crippen LogP contribution >= 0.6 is 11.6 Å². The molecule has 0 spiro atoms. The smallest absolute Gasteiger partial charge is 0.333 e. The van der Waals surface area contributed by atoms with Crippen molar-refractivity contribution in [2.75, 3.05) is 11.9 Å².